The molecule has 1 aromatic heterocycles. The van der Waals surface area contributed by atoms with Gasteiger partial charge in [0.1, 0.15) is 0 Å². The van der Waals surface area contributed by atoms with Gasteiger partial charge in [-0.15, -0.1) is 11.3 Å². The lowest BCUT2D eigenvalue weighted by atomic mass is 10.2. The van der Waals surface area contributed by atoms with E-state index in [0.29, 0.717) is 4.88 Å². The van der Waals surface area contributed by atoms with Crippen molar-refractivity contribution >= 4 is 55.1 Å². The Labute approximate surface area is 125 Å². The van der Waals surface area contributed by atoms with Gasteiger partial charge < -0.3 is 15.2 Å². The summed E-state index contributed by atoms with van der Waals surface area (Å²) in [5, 5.41) is 11.3. The first-order valence-electron chi connectivity index (χ1n) is 4.91. The molecule has 0 aliphatic carbocycles. The smallest absolute Gasteiger partial charge is 0.306 e. The number of carbonyl (C=O) groups is 2. The van der Waals surface area contributed by atoms with E-state index in [1.165, 1.54) is 18.4 Å². The zero-order valence-corrected chi connectivity index (χ0v) is 13.4. The van der Waals surface area contributed by atoms with Crippen molar-refractivity contribution in [2.24, 2.45) is 0 Å². The SMILES string of the molecule is COC(CNC(=O)c1cc(Br)c(Br)s1)CC(=O)O. The van der Waals surface area contributed by atoms with Crippen LogP contribution in [-0.2, 0) is 9.53 Å². The van der Waals surface area contributed by atoms with Gasteiger partial charge in [-0.3, -0.25) is 9.59 Å². The third-order valence-corrected chi connectivity index (χ3v) is 5.35. The van der Waals surface area contributed by atoms with Crippen molar-refractivity contribution in [2.75, 3.05) is 13.7 Å². The van der Waals surface area contributed by atoms with Crippen LogP contribution < -0.4 is 5.32 Å². The molecule has 0 saturated carbocycles. The summed E-state index contributed by atoms with van der Waals surface area (Å²) in [6.45, 7) is 0.161. The molecule has 1 atom stereocenters. The van der Waals surface area contributed by atoms with Crippen LogP contribution >= 0.6 is 43.2 Å². The number of ether oxygens (including phenoxy) is 1. The molecule has 0 aliphatic rings. The lowest BCUT2D eigenvalue weighted by molar-refractivity contribution is -0.139. The Morgan fingerprint density at radius 1 is 1.56 bits per heavy atom. The standard InChI is InChI=1S/C10H11Br2NO4S/c1-17-5(2-8(14)15)4-13-10(16)7-3-6(11)9(12)18-7/h3,5H,2,4H2,1H3,(H,13,16)(H,14,15). The van der Waals surface area contributed by atoms with Crippen LogP contribution in [0.4, 0.5) is 0 Å². The summed E-state index contributed by atoms with van der Waals surface area (Å²) in [6, 6.07) is 1.70. The first kappa shape index (κ1) is 15.6. The van der Waals surface area contributed by atoms with Crippen LogP contribution in [0.1, 0.15) is 16.1 Å². The van der Waals surface area contributed by atoms with Gasteiger partial charge in [0.25, 0.3) is 5.91 Å². The Kier molecular flexibility index (Phi) is 6.27. The van der Waals surface area contributed by atoms with Crippen LogP contribution in [0.3, 0.4) is 0 Å². The van der Waals surface area contributed by atoms with Gasteiger partial charge in [0, 0.05) is 18.1 Å². The molecule has 1 unspecified atom stereocenters. The van der Waals surface area contributed by atoms with Gasteiger partial charge in [0.2, 0.25) is 0 Å². The average Bonchev–Trinajstić information content (AvgIpc) is 2.64. The number of hydrogen-bond donors (Lipinski definition) is 2. The molecule has 1 amide bonds. The van der Waals surface area contributed by atoms with Gasteiger partial charge in [-0.05, 0) is 37.9 Å². The van der Waals surface area contributed by atoms with Gasteiger partial charge in [-0.2, -0.15) is 0 Å². The summed E-state index contributed by atoms with van der Waals surface area (Å²) in [7, 11) is 1.41. The number of amides is 1. The van der Waals surface area contributed by atoms with Crippen molar-refractivity contribution in [3.63, 3.8) is 0 Å². The van der Waals surface area contributed by atoms with E-state index in [-0.39, 0.29) is 18.9 Å². The molecule has 1 aromatic rings. The number of hydrogen-bond acceptors (Lipinski definition) is 4. The van der Waals surface area contributed by atoms with Gasteiger partial charge in [-0.25, -0.2) is 0 Å². The molecule has 0 aliphatic heterocycles. The van der Waals surface area contributed by atoms with E-state index in [4.69, 9.17) is 9.84 Å². The highest BCUT2D eigenvalue weighted by molar-refractivity contribution is 9.13. The number of methoxy groups -OCH3 is 1. The lowest BCUT2D eigenvalue weighted by Gasteiger charge is -2.13. The highest BCUT2D eigenvalue weighted by atomic mass is 79.9. The Bertz CT molecular complexity index is 430. The van der Waals surface area contributed by atoms with Gasteiger partial charge in [-0.1, -0.05) is 0 Å². The number of halogens is 2. The van der Waals surface area contributed by atoms with E-state index in [2.05, 4.69) is 37.2 Å². The minimum atomic E-state index is -0.960. The number of aliphatic carboxylic acids is 1. The summed E-state index contributed by atoms with van der Waals surface area (Å²) in [5.74, 6) is -1.21. The van der Waals surface area contributed by atoms with Crippen LogP contribution in [-0.4, -0.2) is 36.7 Å². The summed E-state index contributed by atoms with van der Waals surface area (Å²) in [5.41, 5.74) is 0. The number of carbonyl (C=O) groups excluding carboxylic acids is 1. The van der Waals surface area contributed by atoms with Crippen molar-refractivity contribution in [3.8, 4) is 0 Å². The molecule has 0 aromatic carbocycles. The van der Waals surface area contributed by atoms with Gasteiger partial charge in [0.05, 0.1) is 21.2 Å². The zero-order chi connectivity index (χ0) is 13.7. The lowest BCUT2D eigenvalue weighted by Crippen LogP contribution is -2.34. The van der Waals surface area contributed by atoms with E-state index in [9.17, 15) is 9.59 Å². The van der Waals surface area contributed by atoms with Crippen molar-refractivity contribution in [1.82, 2.24) is 5.32 Å². The number of carboxylic acid groups (broad SMARTS) is 1. The summed E-state index contributed by atoms with van der Waals surface area (Å²) < 4.78 is 6.61. The summed E-state index contributed by atoms with van der Waals surface area (Å²) in [4.78, 5) is 22.8. The maximum absolute atomic E-state index is 11.8. The van der Waals surface area contributed by atoms with Crippen LogP contribution in [0.2, 0.25) is 0 Å². The van der Waals surface area contributed by atoms with Crippen molar-refractivity contribution < 1.29 is 19.4 Å². The van der Waals surface area contributed by atoms with E-state index in [1.807, 2.05) is 0 Å². The zero-order valence-electron chi connectivity index (χ0n) is 9.41. The third-order valence-electron chi connectivity index (χ3n) is 2.09. The van der Waals surface area contributed by atoms with Gasteiger partial charge >= 0.3 is 5.97 Å². The highest BCUT2D eigenvalue weighted by Gasteiger charge is 2.16. The third kappa shape index (κ3) is 4.68. The maximum atomic E-state index is 11.8. The van der Waals surface area contributed by atoms with E-state index in [0.717, 1.165) is 8.26 Å². The molecule has 0 spiro atoms. The van der Waals surface area contributed by atoms with E-state index >= 15 is 0 Å². The molecular formula is C10H11Br2NO4S. The topological polar surface area (TPSA) is 75.6 Å². The molecule has 0 bridgehead atoms. The second kappa shape index (κ2) is 7.22. The fourth-order valence-corrected chi connectivity index (χ4v) is 3.14. The molecule has 8 heteroatoms. The first-order valence-corrected chi connectivity index (χ1v) is 7.32. The fraction of sp³-hybridized carbons (Fsp3) is 0.400. The predicted octanol–water partition coefficient (Wildman–Crippen LogP) is 2.49. The molecule has 0 saturated heterocycles. The van der Waals surface area contributed by atoms with E-state index < -0.39 is 12.1 Å². The Morgan fingerprint density at radius 3 is 2.67 bits per heavy atom. The van der Waals surface area contributed by atoms with Crippen LogP contribution in [0.15, 0.2) is 14.3 Å². The maximum Gasteiger partial charge on any atom is 0.306 e. The number of rotatable bonds is 6. The summed E-state index contributed by atoms with van der Waals surface area (Å²) in [6.07, 6.45) is -0.674. The second-order valence-corrected chi connectivity index (χ2v) is 6.62. The van der Waals surface area contributed by atoms with Gasteiger partial charge in [0.15, 0.2) is 0 Å². The molecule has 18 heavy (non-hydrogen) atoms. The van der Waals surface area contributed by atoms with E-state index in [1.54, 1.807) is 6.07 Å². The number of carboxylic acids is 1. The number of nitrogens with one attached hydrogen (secondary N) is 1. The van der Waals surface area contributed by atoms with Crippen LogP contribution in [0.5, 0.6) is 0 Å². The van der Waals surface area contributed by atoms with Crippen molar-refractivity contribution in [3.05, 3.63) is 19.2 Å². The normalized spacial score (nSPS) is 12.2. The predicted molar refractivity (Wildman–Crippen MR) is 75.1 cm³/mol. The molecule has 2 N–H and O–H groups in total. The highest BCUT2D eigenvalue weighted by Crippen LogP contribution is 2.32. The molecule has 0 radical (unpaired) electrons. The molecule has 100 valence electrons. The molecule has 0 fully saturated rings. The second-order valence-electron chi connectivity index (χ2n) is 3.40. The summed E-state index contributed by atoms with van der Waals surface area (Å²) >= 11 is 7.89. The van der Waals surface area contributed by atoms with Crippen molar-refractivity contribution in [2.45, 2.75) is 12.5 Å². The monoisotopic (exact) mass is 399 g/mol. The molecule has 5 nitrogen and oxygen atoms in total. The first-order chi connectivity index (χ1) is 8.43. The number of thiophene rings is 1. The Balaban J connectivity index is 2.52. The minimum absolute atomic E-state index is 0.144. The fourth-order valence-electron chi connectivity index (χ4n) is 1.19. The Morgan fingerprint density at radius 2 is 2.22 bits per heavy atom. The minimum Gasteiger partial charge on any atom is -0.481 e. The van der Waals surface area contributed by atoms with Crippen LogP contribution in [0.25, 0.3) is 0 Å². The quantitative estimate of drug-likeness (QED) is 0.769. The largest absolute Gasteiger partial charge is 0.481 e. The average molecular weight is 401 g/mol. The molecule has 1 heterocycles. The molecular weight excluding hydrogens is 390 g/mol. The van der Waals surface area contributed by atoms with Crippen molar-refractivity contribution in [1.29, 1.82) is 0 Å². The Hall–Kier alpha value is -0.440. The van der Waals surface area contributed by atoms with Crippen LogP contribution in [0, 0.1) is 0 Å². The molecule has 1 rings (SSSR count).